The largest absolute Gasteiger partial charge is 0.480 e. The zero-order chi connectivity index (χ0) is 9.14. The van der Waals surface area contributed by atoms with Gasteiger partial charge in [-0.3, -0.25) is 4.79 Å². The standard InChI is InChI=1S/C6H9ClN2O3/c7-5-2-3(12-9-5)1-4(8)6(10)11/h3-4H,1-2,8H2,(H,10,11)/t3-,4-/m0/s1. The number of carbonyl (C=O) groups is 1. The normalized spacial score (nSPS) is 24.5. The van der Waals surface area contributed by atoms with Crippen LogP contribution < -0.4 is 5.73 Å². The molecule has 0 aromatic rings. The van der Waals surface area contributed by atoms with Crippen molar-refractivity contribution in [2.75, 3.05) is 0 Å². The van der Waals surface area contributed by atoms with Crippen LogP contribution in [0.2, 0.25) is 0 Å². The van der Waals surface area contributed by atoms with Crippen LogP contribution in [0.5, 0.6) is 0 Å². The molecule has 0 bridgehead atoms. The van der Waals surface area contributed by atoms with Crippen LogP contribution in [0.4, 0.5) is 0 Å². The number of halogens is 1. The third kappa shape index (κ3) is 2.35. The van der Waals surface area contributed by atoms with Gasteiger partial charge < -0.3 is 15.7 Å². The molecule has 0 spiro atoms. The molecule has 1 aliphatic heterocycles. The fraction of sp³-hybridized carbons (Fsp3) is 0.667. The van der Waals surface area contributed by atoms with E-state index in [0.717, 1.165) is 0 Å². The number of nitrogens with two attached hydrogens (primary N) is 1. The molecule has 6 heteroatoms. The molecule has 2 atom stereocenters. The topological polar surface area (TPSA) is 84.9 Å². The Hall–Kier alpha value is -0.810. The summed E-state index contributed by atoms with van der Waals surface area (Å²) in [4.78, 5) is 15.1. The Kier molecular flexibility index (Phi) is 2.88. The van der Waals surface area contributed by atoms with Gasteiger partial charge in [-0.1, -0.05) is 16.8 Å². The number of hydrogen-bond donors (Lipinski definition) is 2. The predicted octanol–water partition coefficient (Wildman–Crippen LogP) is 0.130. The van der Waals surface area contributed by atoms with Crippen molar-refractivity contribution < 1.29 is 14.7 Å². The van der Waals surface area contributed by atoms with Crippen LogP contribution in [0.3, 0.4) is 0 Å². The van der Waals surface area contributed by atoms with E-state index in [1.54, 1.807) is 0 Å². The molecule has 1 heterocycles. The molecule has 0 fully saturated rings. The number of nitrogens with zero attached hydrogens (tertiary/aromatic N) is 1. The average Bonchev–Trinajstić information content (AvgIpc) is 2.35. The Bertz CT molecular complexity index is 219. The summed E-state index contributed by atoms with van der Waals surface area (Å²) in [6, 6.07) is -0.909. The van der Waals surface area contributed by atoms with E-state index in [-0.39, 0.29) is 12.5 Å². The monoisotopic (exact) mass is 192 g/mol. The fourth-order valence-electron chi connectivity index (χ4n) is 0.905. The van der Waals surface area contributed by atoms with Gasteiger partial charge in [0.05, 0.1) is 0 Å². The van der Waals surface area contributed by atoms with Crippen LogP contribution >= 0.6 is 11.6 Å². The summed E-state index contributed by atoms with van der Waals surface area (Å²) in [6.07, 6.45) is 0.390. The van der Waals surface area contributed by atoms with Crippen LogP contribution in [0.1, 0.15) is 12.8 Å². The predicted molar refractivity (Wildman–Crippen MR) is 43.0 cm³/mol. The highest BCUT2D eigenvalue weighted by Gasteiger charge is 2.25. The van der Waals surface area contributed by atoms with Crippen molar-refractivity contribution in [1.82, 2.24) is 0 Å². The maximum absolute atomic E-state index is 10.3. The van der Waals surface area contributed by atoms with E-state index in [1.165, 1.54) is 0 Å². The Labute approximate surface area is 74.1 Å². The third-order valence-corrected chi connectivity index (χ3v) is 1.75. The van der Waals surface area contributed by atoms with Gasteiger partial charge in [0, 0.05) is 12.8 Å². The molecule has 0 saturated heterocycles. The molecule has 0 aromatic heterocycles. The van der Waals surface area contributed by atoms with Gasteiger partial charge in [0.1, 0.15) is 17.3 Å². The number of oxime groups is 1. The minimum absolute atomic E-state index is 0.231. The molecule has 0 saturated carbocycles. The van der Waals surface area contributed by atoms with Crippen LogP contribution in [0.25, 0.3) is 0 Å². The quantitative estimate of drug-likeness (QED) is 0.666. The highest BCUT2D eigenvalue weighted by atomic mass is 35.5. The van der Waals surface area contributed by atoms with E-state index < -0.39 is 12.0 Å². The van der Waals surface area contributed by atoms with Crippen LogP contribution in [0, 0.1) is 0 Å². The summed E-state index contributed by atoms with van der Waals surface area (Å²) in [6.45, 7) is 0. The molecule has 0 aromatic carbocycles. The summed E-state index contributed by atoms with van der Waals surface area (Å²) in [5, 5.41) is 12.3. The Morgan fingerprint density at radius 3 is 3.08 bits per heavy atom. The van der Waals surface area contributed by atoms with Crippen LogP contribution in [-0.4, -0.2) is 28.4 Å². The highest BCUT2D eigenvalue weighted by Crippen LogP contribution is 2.16. The van der Waals surface area contributed by atoms with Crippen molar-refractivity contribution in [3.63, 3.8) is 0 Å². The summed E-state index contributed by atoms with van der Waals surface area (Å²) < 4.78 is 0. The van der Waals surface area contributed by atoms with Gasteiger partial charge in [0.2, 0.25) is 0 Å². The summed E-state index contributed by atoms with van der Waals surface area (Å²) in [5.41, 5.74) is 5.27. The first-order valence-corrected chi connectivity index (χ1v) is 3.84. The molecule has 3 N–H and O–H groups in total. The highest BCUT2D eigenvalue weighted by molar-refractivity contribution is 6.65. The smallest absolute Gasteiger partial charge is 0.320 e. The molecule has 1 aliphatic rings. The van der Waals surface area contributed by atoms with Crippen LogP contribution in [-0.2, 0) is 9.63 Å². The van der Waals surface area contributed by atoms with Crippen molar-refractivity contribution in [1.29, 1.82) is 0 Å². The lowest BCUT2D eigenvalue weighted by Crippen LogP contribution is -2.33. The van der Waals surface area contributed by atoms with Crippen molar-refractivity contribution >= 4 is 22.7 Å². The number of rotatable bonds is 3. The zero-order valence-corrected chi connectivity index (χ0v) is 6.99. The van der Waals surface area contributed by atoms with E-state index in [4.69, 9.17) is 27.3 Å². The van der Waals surface area contributed by atoms with E-state index >= 15 is 0 Å². The minimum Gasteiger partial charge on any atom is -0.480 e. The van der Waals surface area contributed by atoms with Crippen molar-refractivity contribution in [2.45, 2.75) is 25.0 Å². The first-order valence-electron chi connectivity index (χ1n) is 3.46. The molecule has 12 heavy (non-hydrogen) atoms. The van der Waals surface area contributed by atoms with Crippen LogP contribution in [0.15, 0.2) is 5.16 Å². The zero-order valence-electron chi connectivity index (χ0n) is 6.24. The first-order chi connectivity index (χ1) is 5.59. The summed E-state index contributed by atoms with van der Waals surface area (Å²) >= 11 is 5.51. The Balaban J connectivity index is 2.30. The molecule has 0 aliphatic carbocycles. The first kappa shape index (κ1) is 9.28. The van der Waals surface area contributed by atoms with Gasteiger partial charge in [-0.2, -0.15) is 0 Å². The molecular weight excluding hydrogens is 184 g/mol. The van der Waals surface area contributed by atoms with Gasteiger partial charge in [0.15, 0.2) is 0 Å². The molecule has 0 radical (unpaired) electrons. The number of aliphatic carboxylic acids is 1. The summed E-state index contributed by atoms with van der Waals surface area (Å²) in [7, 11) is 0. The van der Waals surface area contributed by atoms with Gasteiger partial charge in [-0.15, -0.1) is 0 Å². The number of carboxylic acid groups (broad SMARTS) is 1. The molecule has 5 nitrogen and oxygen atoms in total. The van der Waals surface area contributed by atoms with Gasteiger partial charge in [-0.05, 0) is 0 Å². The van der Waals surface area contributed by atoms with E-state index in [1.807, 2.05) is 0 Å². The fourth-order valence-corrected chi connectivity index (χ4v) is 1.12. The van der Waals surface area contributed by atoms with Gasteiger partial charge in [0.25, 0.3) is 0 Å². The van der Waals surface area contributed by atoms with Crippen molar-refractivity contribution in [2.24, 2.45) is 10.9 Å². The molecule has 0 unspecified atom stereocenters. The second kappa shape index (κ2) is 3.73. The Morgan fingerprint density at radius 2 is 2.67 bits per heavy atom. The lowest BCUT2D eigenvalue weighted by atomic mass is 10.1. The Morgan fingerprint density at radius 1 is 2.00 bits per heavy atom. The number of carboxylic acids is 1. The van der Waals surface area contributed by atoms with Crippen molar-refractivity contribution in [3.8, 4) is 0 Å². The molecule has 0 amide bonds. The van der Waals surface area contributed by atoms with E-state index in [0.29, 0.717) is 11.6 Å². The minimum atomic E-state index is -1.04. The second-order valence-electron chi connectivity index (χ2n) is 2.58. The number of hydrogen-bond acceptors (Lipinski definition) is 4. The summed E-state index contributed by atoms with van der Waals surface area (Å²) in [5.74, 6) is -1.04. The van der Waals surface area contributed by atoms with Gasteiger partial charge >= 0.3 is 5.97 Å². The SMILES string of the molecule is N[C@@H](C[C@H]1CC(Cl)=NO1)C(=O)O. The van der Waals surface area contributed by atoms with E-state index in [9.17, 15) is 4.79 Å². The molecule has 1 rings (SSSR count). The van der Waals surface area contributed by atoms with Crippen molar-refractivity contribution in [3.05, 3.63) is 0 Å². The van der Waals surface area contributed by atoms with E-state index in [2.05, 4.69) is 5.16 Å². The third-order valence-electron chi connectivity index (χ3n) is 1.53. The lowest BCUT2D eigenvalue weighted by Gasteiger charge is -2.10. The average molecular weight is 193 g/mol. The molecular formula is C6H9ClN2O3. The lowest BCUT2D eigenvalue weighted by molar-refractivity contribution is -0.139. The van der Waals surface area contributed by atoms with Gasteiger partial charge in [-0.25, -0.2) is 0 Å². The maximum Gasteiger partial charge on any atom is 0.320 e. The molecule has 68 valence electrons. The maximum atomic E-state index is 10.3. The second-order valence-corrected chi connectivity index (χ2v) is 3.02.